The quantitative estimate of drug-likeness (QED) is 0.777. The first-order chi connectivity index (χ1) is 9.77. The molecule has 0 aromatic carbocycles. The van der Waals surface area contributed by atoms with Crippen LogP contribution >= 0.6 is 0 Å². The lowest BCUT2D eigenvalue weighted by Crippen LogP contribution is -2.36. The fourth-order valence-corrected chi connectivity index (χ4v) is 5.53. The number of amides is 1. The molecule has 5 rings (SSSR count). The van der Waals surface area contributed by atoms with E-state index in [1.165, 1.54) is 25.7 Å². The van der Waals surface area contributed by atoms with E-state index in [4.69, 9.17) is 4.74 Å². The first kappa shape index (κ1) is 12.0. The maximum atomic E-state index is 12.8. The van der Waals surface area contributed by atoms with Crippen LogP contribution in [0.3, 0.4) is 0 Å². The van der Waals surface area contributed by atoms with Crippen LogP contribution in [0.2, 0.25) is 0 Å². The number of rotatable bonds is 1. The molecule has 5 unspecified atom stereocenters. The van der Waals surface area contributed by atoms with Crippen LogP contribution in [0.15, 0.2) is 0 Å². The molecule has 4 heterocycles. The fraction of sp³-hybridized carbons (Fsp3) is 0.938. The summed E-state index contributed by atoms with van der Waals surface area (Å²) < 4.78 is 6.01. The second-order valence-electron chi connectivity index (χ2n) is 7.73. The number of likely N-dealkylation sites (tertiary alicyclic amines) is 1. The number of fused-ring (bicyclic) bond motifs is 5. The molecule has 4 saturated heterocycles. The lowest BCUT2D eigenvalue weighted by molar-refractivity contribution is -0.133. The van der Waals surface area contributed by atoms with E-state index in [1.807, 2.05) is 0 Å². The average Bonchev–Trinajstić information content (AvgIpc) is 2.92. The molecule has 4 heteroatoms. The van der Waals surface area contributed by atoms with Gasteiger partial charge in [0.05, 0.1) is 12.2 Å². The molecule has 5 fully saturated rings. The summed E-state index contributed by atoms with van der Waals surface area (Å²) in [6.07, 6.45) is 6.96. The van der Waals surface area contributed by atoms with Gasteiger partial charge in [0.2, 0.25) is 5.91 Å². The van der Waals surface area contributed by atoms with Gasteiger partial charge in [-0.05, 0) is 50.6 Å². The third kappa shape index (κ3) is 1.52. The predicted molar refractivity (Wildman–Crippen MR) is 74.1 cm³/mol. The standard InChI is InChI=1S/C16H24N2O2/c19-15(12-7-16(12)3-5-17-6-4-16)18-8-10-11(9-18)14-2-1-13(10)20-14/h10-14,17H,1-9H2. The van der Waals surface area contributed by atoms with Crippen LogP contribution in [-0.2, 0) is 9.53 Å². The minimum Gasteiger partial charge on any atom is -0.374 e. The summed E-state index contributed by atoms with van der Waals surface area (Å²) in [6.45, 7) is 4.17. The highest BCUT2D eigenvalue weighted by Gasteiger charge is 2.61. The summed E-state index contributed by atoms with van der Waals surface area (Å²) in [7, 11) is 0. The van der Waals surface area contributed by atoms with Gasteiger partial charge >= 0.3 is 0 Å². The van der Waals surface area contributed by atoms with Crippen molar-refractivity contribution < 1.29 is 9.53 Å². The lowest BCUT2D eigenvalue weighted by Gasteiger charge is -2.25. The Labute approximate surface area is 120 Å². The van der Waals surface area contributed by atoms with Gasteiger partial charge in [0.15, 0.2) is 0 Å². The van der Waals surface area contributed by atoms with E-state index < -0.39 is 0 Å². The predicted octanol–water partition coefficient (Wildman–Crippen LogP) is 1.01. The monoisotopic (exact) mass is 276 g/mol. The van der Waals surface area contributed by atoms with Gasteiger partial charge in [-0.15, -0.1) is 0 Å². The van der Waals surface area contributed by atoms with Crippen molar-refractivity contribution in [3.05, 3.63) is 0 Å². The molecule has 2 bridgehead atoms. The van der Waals surface area contributed by atoms with Crippen LogP contribution in [0, 0.1) is 23.2 Å². The zero-order valence-electron chi connectivity index (χ0n) is 12.0. The SMILES string of the molecule is O=C(C1CC12CCNCC2)N1CC2C3CCC(O3)C2C1. The summed E-state index contributed by atoms with van der Waals surface area (Å²) in [5, 5.41) is 3.42. The van der Waals surface area contributed by atoms with Gasteiger partial charge in [0.25, 0.3) is 0 Å². The van der Waals surface area contributed by atoms with Crippen LogP contribution in [0.4, 0.5) is 0 Å². The number of nitrogens with one attached hydrogen (secondary N) is 1. The Bertz CT molecular complexity index is 428. The third-order valence-electron chi connectivity index (χ3n) is 6.85. The highest BCUT2D eigenvalue weighted by molar-refractivity contribution is 5.83. The van der Waals surface area contributed by atoms with Gasteiger partial charge in [0.1, 0.15) is 0 Å². The number of carbonyl (C=O) groups excluding carboxylic acids is 1. The van der Waals surface area contributed by atoms with Crippen LogP contribution in [0.5, 0.6) is 0 Å². The highest BCUT2D eigenvalue weighted by Crippen LogP contribution is 2.60. The van der Waals surface area contributed by atoms with Crippen molar-refractivity contribution in [2.45, 2.75) is 44.3 Å². The number of piperidine rings is 1. The lowest BCUT2D eigenvalue weighted by atomic mass is 9.82. The molecule has 5 atom stereocenters. The minimum absolute atomic E-state index is 0.349. The molecule has 1 spiro atoms. The first-order valence-electron chi connectivity index (χ1n) is 8.42. The minimum atomic E-state index is 0.349. The van der Waals surface area contributed by atoms with Gasteiger partial charge in [-0.3, -0.25) is 4.79 Å². The fourth-order valence-electron chi connectivity index (χ4n) is 5.53. The highest BCUT2D eigenvalue weighted by atomic mass is 16.5. The smallest absolute Gasteiger partial charge is 0.226 e. The summed E-state index contributed by atoms with van der Waals surface area (Å²) in [6, 6.07) is 0. The molecular weight excluding hydrogens is 252 g/mol. The Morgan fingerprint density at radius 2 is 1.75 bits per heavy atom. The molecule has 20 heavy (non-hydrogen) atoms. The summed E-state index contributed by atoms with van der Waals surface area (Å²) in [4.78, 5) is 15.0. The Kier molecular flexibility index (Phi) is 2.38. The van der Waals surface area contributed by atoms with E-state index in [2.05, 4.69) is 10.2 Å². The van der Waals surface area contributed by atoms with Crippen molar-refractivity contribution in [2.24, 2.45) is 23.2 Å². The molecular formula is C16H24N2O2. The van der Waals surface area contributed by atoms with Gasteiger partial charge < -0.3 is 15.0 Å². The zero-order chi connectivity index (χ0) is 13.3. The van der Waals surface area contributed by atoms with E-state index in [0.29, 0.717) is 41.3 Å². The van der Waals surface area contributed by atoms with Crippen LogP contribution in [0.25, 0.3) is 0 Å². The Morgan fingerprint density at radius 1 is 1.10 bits per heavy atom. The van der Waals surface area contributed by atoms with E-state index in [9.17, 15) is 4.79 Å². The van der Waals surface area contributed by atoms with Crippen LogP contribution in [0.1, 0.15) is 32.1 Å². The van der Waals surface area contributed by atoms with Crippen molar-refractivity contribution in [2.75, 3.05) is 26.2 Å². The number of hydrogen-bond donors (Lipinski definition) is 1. The van der Waals surface area contributed by atoms with Crippen LogP contribution < -0.4 is 5.32 Å². The summed E-state index contributed by atoms with van der Waals surface area (Å²) in [5.74, 6) is 2.13. The molecule has 4 nitrogen and oxygen atoms in total. The number of ether oxygens (including phenoxy) is 1. The normalized spacial score (nSPS) is 47.8. The van der Waals surface area contributed by atoms with Crippen molar-refractivity contribution in [1.82, 2.24) is 10.2 Å². The van der Waals surface area contributed by atoms with E-state index in [0.717, 1.165) is 32.6 Å². The number of hydrogen-bond acceptors (Lipinski definition) is 3. The number of nitrogens with zero attached hydrogens (tertiary/aromatic N) is 1. The molecule has 1 amide bonds. The van der Waals surface area contributed by atoms with Crippen LogP contribution in [-0.4, -0.2) is 49.2 Å². The zero-order valence-corrected chi connectivity index (χ0v) is 12.0. The van der Waals surface area contributed by atoms with Crippen molar-refractivity contribution in [3.8, 4) is 0 Å². The molecule has 1 saturated carbocycles. The van der Waals surface area contributed by atoms with Crippen molar-refractivity contribution in [3.63, 3.8) is 0 Å². The van der Waals surface area contributed by atoms with Crippen molar-refractivity contribution >= 4 is 5.91 Å². The van der Waals surface area contributed by atoms with Gasteiger partial charge in [0, 0.05) is 30.8 Å². The summed E-state index contributed by atoms with van der Waals surface area (Å²) >= 11 is 0. The molecule has 5 aliphatic rings. The van der Waals surface area contributed by atoms with E-state index in [1.54, 1.807) is 0 Å². The van der Waals surface area contributed by atoms with Gasteiger partial charge in [-0.2, -0.15) is 0 Å². The van der Waals surface area contributed by atoms with E-state index >= 15 is 0 Å². The second-order valence-corrected chi connectivity index (χ2v) is 7.73. The van der Waals surface area contributed by atoms with E-state index in [-0.39, 0.29) is 0 Å². The van der Waals surface area contributed by atoms with Crippen molar-refractivity contribution in [1.29, 1.82) is 0 Å². The maximum absolute atomic E-state index is 12.8. The molecule has 110 valence electrons. The first-order valence-corrected chi connectivity index (χ1v) is 8.42. The molecule has 0 radical (unpaired) electrons. The van der Waals surface area contributed by atoms with Gasteiger partial charge in [-0.1, -0.05) is 0 Å². The molecule has 0 aromatic heterocycles. The molecule has 1 N–H and O–H groups in total. The maximum Gasteiger partial charge on any atom is 0.226 e. The Morgan fingerprint density at radius 3 is 2.40 bits per heavy atom. The topological polar surface area (TPSA) is 41.6 Å². The number of carbonyl (C=O) groups is 1. The molecule has 1 aliphatic carbocycles. The summed E-state index contributed by atoms with van der Waals surface area (Å²) in [5.41, 5.74) is 0.384. The average molecular weight is 276 g/mol. The third-order valence-corrected chi connectivity index (χ3v) is 6.85. The molecule has 0 aromatic rings. The second kappa shape index (κ2) is 3.98. The Hall–Kier alpha value is -0.610. The Balaban J connectivity index is 1.28. The molecule has 4 aliphatic heterocycles. The van der Waals surface area contributed by atoms with Gasteiger partial charge in [-0.25, -0.2) is 0 Å². The largest absolute Gasteiger partial charge is 0.374 e.